The van der Waals surface area contributed by atoms with Gasteiger partial charge in [0.1, 0.15) is 0 Å². The third kappa shape index (κ3) is 13.1. The Hall–Kier alpha value is -2.23. The number of aryl methyl sites for hydroxylation is 3. The van der Waals surface area contributed by atoms with Crippen LogP contribution in [-0.4, -0.2) is 0 Å². The van der Waals surface area contributed by atoms with Crippen LogP contribution >= 0.6 is 0 Å². The van der Waals surface area contributed by atoms with Crippen molar-refractivity contribution in [2.24, 2.45) is 0 Å². The zero-order chi connectivity index (χ0) is 22.4. The fourth-order valence-corrected chi connectivity index (χ4v) is 3.18. The van der Waals surface area contributed by atoms with Gasteiger partial charge in [0.15, 0.2) is 0 Å². The molecule has 0 saturated heterocycles. The first-order valence-electron chi connectivity index (χ1n) is 10.2. The molecule has 3 aromatic rings. The Bertz CT molecular complexity index is 640. The van der Waals surface area contributed by atoms with E-state index in [2.05, 4.69) is 20.4 Å². The van der Waals surface area contributed by atoms with Crippen LogP contribution in [-0.2, 0) is 20.4 Å². The summed E-state index contributed by atoms with van der Waals surface area (Å²) in [6, 6.07) is 20.2. The average molecular weight is 438 g/mol. The van der Waals surface area contributed by atoms with Crippen LogP contribution in [0.4, 0.5) is 0 Å². The van der Waals surface area contributed by atoms with Crippen molar-refractivity contribution in [1.82, 2.24) is 0 Å². The Morgan fingerprint density at radius 1 is 0.533 bits per heavy atom. The predicted molar refractivity (Wildman–Crippen MR) is 114 cm³/mol. The fraction of sp³-hybridized carbons (Fsp3) is 0.308. The van der Waals surface area contributed by atoms with Crippen LogP contribution in [0.1, 0.15) is 42.4 Å². The van der Waals surface area contributed by atoms with Crippen LogP contribution in [0.25, 0.3) is 0 Å². The molecule has 30 heavy (non-hydrogen) atoms. The summed E-state index contributed by atoms with van der Waals surface area (Å²) in [4.78, 5) is 0. The van der Waals surface area contributed by atoms with Crippen LogP contribution in [0, 0.1) is 20.8 Å². The Kier molecular flexibility index (Phi) is 12.7. The van der Waals surface area contributed by atoms with E-state index in [0.717, 1.165) is 20.9 Å². The van der Waals surface area contributed by atoms with Gasteiger partial charge < -0.3 is 15.3 Å². The summed E-state index contributed by atoms with van der Waals surface area (Å²) < 4.78 is 1.05. The van der Waals surface area contributed by atoms with Gasteiger partial charge in [0.25, 0.3) is 0 Å². The van der Waals surface area contributed by atoms with Gasteiger partial charge in [-0.25, -0.2) is 0 Å². The van der Waals surface area contributed by atoms with Crippen molar-refractivity contribution in [2.75, 3.05) is 0 Å². The molecule has 1 aliphatic carbocycles. The van der Waals surface area contributed by atoms with Crippen molar-refractivity contribution in [3.8, 4) is 17.2 Å². The third-order valence-corrected chi connectivity index (χ3v) is 5.32. The summed E-state index contributed by atoms with van der Waals surface area (Å²) in [6.07, 6.45) is 5.95. The molecule has 4 rings (SSSR count). The van der Waals surface area contributed by atoms with Crippen LogP contribution < -0.4 is 15.3 Å². The number of benzene rings is 3. The van der Waals surface area contributed by atoms with E-state index in [1.165, 1.54) is 25.7 Å². The molecule has 0 unspecified atom stereocenters. The quantitative estimate of drug-likeness (QED) is 0.459. The molecule has 0 aromatic heterocycles. The Morgan fingerprint density at radius 2 is 0.767 bits per heavy atom. The summed E-state index contributed by atoms with van der Waals surface area (Å²) >= 11 is 2.34. The molecule has 0 atom stereocenters. The summed E-state index contributed by atoms with van der Waals surface area (Å²) in [5.74, 6) is 0.238. The number of hydrogen-bond donors (Lipinski definition) is 0. The second kappa shape index (κ2) is 14.7. The van der Waals surface area contributed by atoms with Gasteiger partial charge in [-0.05, 0) is 20.8 Å². The molecule has 156 valence electrons. The van der Waals surface area contributed by atoms with Gasteiger partial charge in [0.05, 0.1) is 0 Å². The summed E-state index contributed by atoms with van der Waals surface area (Å²) in [7, 11) is 0. The van der Waals surface area contributed by atoms with E-state index in [1.807, 2.05) is 57.2 Å². The Balaban J connectivity index is 0.000000201. The van der Waals surface area contributed by atoms with Crippen LogP contribution in [0.5, 0.6) is 17.2 Å². The van der Waals surface area contributed by atoms with Crippen molar-refractivity contribution in [1.29, 1.82) is 0 Å². The van der Waals surface area contributed by atoms with Gasteiger partial charge in [0.2, 0.25) is 0 Å². The Labute approximate surface area is 192 Å². The van der Waals surface area contributed by atoms with Gasteiger partial charge in [-0.3, -0.25) is 0 Å². The van der Waals surface area contributed by atoms with Crippen molar-refractivity contribution in [3.63, 3.8) is 0 Å². The topological polar surface area (TPSA) is 69.2 Å². The molecule has 4 heteroatoms. The van der Waals surface area contributed by atoms with E-state index in [9.17, 15) is 15.3 Å². The van der Waals surface area contributed by atoms with E-state index >= 15 is 0 Å². The molecule has 1 saturated carbocycles. The molecule has 1 aliphatic rings. The van der Waals surface area contributed by atoms with Crippen LogP contribution in [0.3, 0.4) is 0 Å². The summed E-state index contributed by atoms with van der Waals surface area (Å²) in [6.45, 7) is 5.87. The SMILES string of the molecule is Cc1ccc([O-])cc1.Cc1ccc([O-])cc1.Cc1ccc([O-])cc1.[Ti+3][CH]1CCCC1. The fourth-order valence-electron chi connectivity index (χ4n) is 2.54. The zero-order valence-electron chi connectivity index (χ0n) is 18.1. The van der Waals surface area contributed by atoms with Crippen LogP contribution in [0.15, 0.2) is 72.8 Å². The molecule has 0 N–H and O–H groups in total. The minimum absolute atomic E-state index is 0.0793. The Morgan fingerprint density at radius 3 is 0.900 bits per heavy atom. The normalized spacial score (nSPS) is 12.4. The predicted octanol–water partition coefficient (Wildman–Crippen LogP) is 5.10. The number of rotatable bonds is 0. The minimum atomic E-state index is 0.0793. The molecule has 0 radical (unpaired) electrons. The molecule has 0 spiro atoms. The van der Waals surface area contributed by atoms with Crippen molar-refractivity contribution in [3.05, 3.63) is 89.5 Å². The first-order valence-corrected chi connectivity index (χ1v) is 11.1. The average Bonchev–Trinajstić information content (AvgIpc) is 3.21. The first kappa shape index (κ1) is 25.8. The summed E-state index contributed by atoms with van der Waals surface area (Å²) in [5, 5.41) is 31.3. The van der Waals surface area contributed by atoms with Gasteiger partial charge in [-0.15, -0.1) is 17.2 Å². The molecule has 0 amide bonds. The maximum absolute atomic E-state index is 10.4. The van der Waals surface area contributed by atoms with Gasteiger partial charge in [-0.1, -0.05) is 89.5 Å². The molecule has 3 aromatic carbocycles. The maximum atomic E-state index is 10.4. The zero-order valence-corrected chi connectivity index (χ0v) is 19.6. The van der Waals surface area contributed by atoms with E-state index in [1.54, 1.807) is 36.4 Å². The first-order chi connectivity index (χ1) is 14.3. The molecule has 0 bridgehead atoms. The second-order valence-corrected chi connectivity index (χ2v) is 8.70. The van der Waals surface area contributed by atoms with E-state index in [4.69, 9.17) is 0 Å². The number of hydrogen-bond acceptors (Lipinski definition) is 3. The second-order valence-electron chi connectivity index (χ2n) is 7.42. The monoisotopic (exact) mass is 438 g/mol. The van der Waals surface area contributed by atoms with E-state index in [0.29, 0.717) is 0 Å². The van der Waals surface area contributed by atoms with E-state index < -0.39 is 0 Å². The molecular weight excluding hydrogens is 408 g/mol. The molecule has 0 heterocycles. The van der Waals surface area contributed by atoms with E-state index in [-0.39, 0.29) is 17.2 Å². The third-order valence-electron chi connectivity index (χ3n) is 4.42. The van der Waals surface area contributed by atoms with Crippen LogP contribution in [0.2, 0.25) is 4.22 Å². The van der Waals surface area contributed by atoms with Crippen molar-refractivity contribution >= 4 is 0 Å². The van der Waals surface area contributed by atoms with Crippen molar-refractivity contribution in [2.45, 2.75) is 50.7 Å². The molecule has 1 fully saturated rings. The van der Waals surface area contributed by atoms with Crippen molar-refractivity contribution < 1.29 is 35.8 Å². The van der Waals surface area contributed by atoms with Gasteiger partial charge in [0, 0.05) is 0 Å². The molecule has 0 aliphatic heterocycles. The van der Waals surface area contributed by atoms with Gasteiger partial charge in [-0.2, -0.15) is 0 Å². The molecule has 3 nitrogen and oxygen atoms in total. The summed E-state index contributed by atoms with van der Waals surface area (Å²) in [5.41, 5.74) is 3.39. The van der Waals surface area contributed by atoms with Gasteiger partial charge >= 0.3 is 50.3 Å². The standard InChI is InChI=1S/3C7H8O.C5H9.Ti/c3*1-6-2-4-7(8)5-3-6;1-2-4-5-3-1;/h3*2-5,8H,1H3;1H,2-5H2;/q;;;;+3/p-3. The molecular formula is C26H30O3Ti.